The highest BCUT2D eigenvalue weighted by Crippen LogP contribution is 2.10. The van der Waals surface area contributed by atoms with E-state index in [9.17, 15) is 4.79 Å². The van der Waals surface area contributed by atoms with Gasteiger partial charge in [-0.25, -0.2) is 0 Å². The highest BCUT2D eigenvalue weighted by molar-refractivity contribution is 5.94. The molecule has 12 heavy (non-hydrogen) atoms. The van der Waals surface area contributed by atoms with Crippen molar-refractivity contribution < 1.29 is 9.53 Å². The lowest BCUT2D eigenvalue weighted by Crippen LogP contribution is -2.10. The van der Waals surface area contributed by atoms with E-state index in [2.05, 4.69) is 4.74 Å². The molecule has 1 aromatic rings. The maximum absolute atomic E-state index is 9.90. The Balaban J connectivity index is 2.85. The molecule has 0 heterocycles. The molecule has 0 aromatic heterocycles. The van der Waals surface area contributed by atoms with Gasteiger partial charge < -0.3 is 10.5 Å². The van der Waals surface area contributed by atoms with E-state index in [4.69, 9.17) is 11.1 Å². The molecule has 0 aliphatic rings. The molecule has 0 bridgehead atoms. The van der Waals surface area contributed by atoms with Crippen LogP contribution in [0.2, 0.25) is 0 Å². The summed E-state index contributed by atoms with van der Waals surface area (Å²) in [7, 11) is 0. The third-order valence-electron chi connectivity index (χ3n) is 1.35. The molecule has 0 aliphatic heterocycles. The molecule has 4 heteroatoms. The summed E-state index contributed by atoms with van der Waals surface area (Å²) < 4.78 is 4.55. The van der Waals surface area contributed by atoms with Crippen LogP contribution in [0.4, 0.5) is 0 Å². The van der Waals surface area contributed by atoms with Crippen LogP contribution in [-0.4, -0.2) is 12.3 Å². The SMILES string of the molecule is N=C(N)c1ccc(OC=O)cc1. The molecule has 0 spiro atoms. The Morgan fingerprint density at radius 1 is 1.42 bits per heavy atom. The summed E-state index contributed by atoms with van der Waals surface area (Å²) in [5.74, 6) is 0.433. The number of amidine groups is 1. The number of rotatable bonds is 3. The van der Waals surface area contributed by atoms with Crippen molar-refractivity contribution in [1.82, 2.24) is 0 Å². The minimum atomic E-state index is -0.00680. The number of carbonyl (C=O) groups is 1. The van der Waals surface area contributed by atoms with E-state index in [1.54, 1.807) is 24.3 Å². The molecular weight excluding hydrogens is 156 g/mol. The average molecular weight is 164 g/mol. The molecule has 0 saturated heterocycles. The van der Waals surface area contributed by atoms with Crippen molar-refractivity contribution in [3.63, 3.8) is 0 Å². The molecule has 0 fully saturated rings. The van der Waals surface area contributed by atoms with Gasteiger partial charge in [0.25, 0.3) is 6.47 Å². The summed E-state index contributed by atoms with van der Waals surface area (Å²) in [4.78, 5) is 9.90. The summed E-state index contributed by atoms with van der Waals surface area (Å²) >= 11 is 0. The van der Waals surface area contributed by atoms with Gasteiger partial charge in [-0.3, -0.25) is 10.2 Å². The topological polar surface area (TPSA) is 76.2 Å². The van der Waals surface area contributed by atoms with Crippen LogP contribution in [0.3, 0.4) is 0 Å². The van der Waals surface area contributed by atoms with E-state index in [1.807, 2.05) is 0 Å². The Kier molecular flexibility index (Phi) is 2.42. The first-order valence-electron chi connectivity index (χ1n) is 3.29. The number of carbonyl (C=O) groups excluding carboxylic acids is 1. The predicted molar refractivity (Wildman–Crippen MR) is 44.2 cm³/mol. The molecule has 0 unspecified atom stereocenters. The summed E-state index contributed by atoms with van der Waals surface area (Å²) in [6.45, 7) is 0.350. The standard InChI is InChI=1S/C8H8N2O2/c9-8(10)6-1-3-7(4-2-6)12-5-11/h1-5H,(H3,9,10). The second-order valence-electron chi connectivity index (χ2n) is 2.15. The van der Waals surface area contributed by atoms with E-state index < -0.39 is 0 Å². The van der Waals surface area contributed by atoms with Crippen LogP contribution in [0.5, 0.6) is 5.75 Å². The van der Waals surface area contributed by atoms with E-state index in [0.29, 0.717) is 17.8 Å². The van der Waals surface area contributed by atoms with Gasteiger partial charge in [-0.15, -0.1) is 0 Å². The first-order chi connectivity index (χ1) is 5.74. The number of benzene rings is 1. The third kappa shape index (κ3) is 1.82. The van der Waals surface area contributed by atoms with Gasteiger partial charge >= 0.3 is 0 Å². The molecule has 0 saturated carbocycles. The molecule has 0 radical (unpaired) electrons. The van der Waals surface area contributed by atoms with Crippen LogP contribution in [0.15, 0.2) is 24.3 Å². The second kappa shape index (κ2) is 3.52. The molecular formula is C8H8N2O2. The largest absolute Gasteiger partial charge is 0.429 e. The normalized spacial score (nSPS) is 9.00. The molecule has 4 nitrogen and oxygen atoms in total. The first-order valence-corrected chi connectivity index (χ1v) is 3.29. The van der Waals surface area contributed by atoms with Gasteiger partial charge in [0, 0.05) is 5.56 Å². The molecule has 1 rings (SSSR count). The van der Waals surface area contributed by atoms with Crippen molar-refractivity contribution >= 4 is 12.3 Å². The maximum Gasteiger partial charge on any atom is 0.298 e. The van der Waals surface area contributed by atoms with Crippen LogP contribution in [0.1, 0.15) is 5.56 Å². The molecule has 1 aromatic carbocycles. The van der Waals surface area contributed by atoms with Gasteiger partial charge in [-0.05, 0) is 24.3 Å². The summed E-state index contributed by atoms with van der Waals surface area (Å²) in [6.07, 6.45) is 0. The fourth-order valence-corrected chi connectivity index (χ4v) is 0.769. The molecule has 3 N–H and O–H groups in total. The van der Waals surface area contributed by atoms with Crippen LogP contribution >= 0.6 is 0 Å². The van der Waals surface area contributed by atoms with Crippen molar-refractivity contribution in [3.05, 3.63) is 29.8 Å². The van der Waals surface area contributed by atoms with Crippen LogP contribution in [0.25, 0.3) is 0 Å². The Bertz CT molecular complexity index is 292. The zero-order valence-electron chi connectivity index (χ0n) is 6.28. The highest BCUT2D eigenvalue weighted by Gasteiger charge is 1.96. The first kappa shape index (κ1) is 8.26. The number of ether oxygens (including phenoxy) is 1. The quantitative estimate of drug-likeness (QED) is 0.388. The molecule has 62 valence electrons. The Labute approximate surface area is 69.5 Å². The fraction of sp³-hybridized carbons (Fsp3) is 0. The van der Waals surface area contributed by atoms with Crippen molar-refractivity contribution in [1.29, 1.82) is 5.41 Å². The smallest absolute Gasteiger partial charge is 0.298 e. The number of nitrogens with one attached hydrogen (secondary N) is 1. The molecule has 0 amide bonds. The van der Waals surface area contributed by atoms with Crippen molar-refractivity contribution in [3.8, 4) is 5.75 Å². The average Bonchev–Trinajstić information content (AvgIpc) is 2.06. The predicted octanol–water partition coefficient (Wildman–Crippen LogP) is 0.506. The van der Waals surface area contributed by atoms with Crippen molar-refractivity contribution in [2.45, 2.75) is 0 Å². The Morgan fingerprint density at radius 3 is 2.42 bits per heavy atom. The fourth-order valence-electron chi connectivity index (χ4n) is 0.769. The van der Waals surface area contributed by atoms with Gasteiger partial charge in [0.05, 0.1) is 0 Å². The van der Waals surface area contributed by atoms with E-state index in [0.717, 1.165) is 0 Å². The minimum Gasteiger partial charge on any atom is -0.429 e. The van der Waals surface area contributed by atoms with Crippen molar-refractivity contribution in [2.75, 3.05) is 0 Å². The zero-order chi connectivity index (χ0) is 8.97. The summed E-state index contributed by atoms with van der Waals surface area (Å²) in [6, 6.07) is 6.37. The lowest BCUT2D eigenvalue weighted by atomic mass is 10.2. The molecule has 0 atom stereocenters. The lowest BCUT2D eigenvalue weighted by molar-refractivity contribution is -0.120. The van der Waals surface area contributed by atoms with Crippen LogP contribution in [0, 0.1) is 5.41 Å². The van der Waals surface area contributed by atoms with Gasteiger partial charge in [-0.1, -0.05) is 0 Å². The second-order valence-corrected chi connectivity index (χ2v) is 2.15. The monoisotopic (exact) mass is 164 g/mol. The number of hydrogen-bond donors (Lipinski definition) is 2. The number of nitrogen functional groups attached to an aromatic ring is 1. The summed E-state index contributed by atoms with van der Waals surface area (Å²) in [5.41, 5.74) is 5.82. The van der Waals surface area contributed by atoms with Crippen LogP contribution < -0.4 is 10.5 Å². The Morgan fingerprint density at radius 2 is 2.00 bits per heavy atom. The maximum atomic E-state index is 9.90. The van der Waals surface area contributed by atoms with E-state index >= 15 is 0 Å². The van der Waals surface area contributed by atoms with Crippen LogP contribution in [-0.2, 0) is 4.79 Å². The number of nitrogens with two attached hydrogens (primary N) is 1. The minimum absolute atomic E-state index is 0.00680. The van der Waals surface area contributed by atoms with Gasteiger partial charge in [-0.2, -0.15) is 0 Å². The van der Waals surface area contributed by atoms with Gasteiger partial charge in [0.15, 0.2) is 0 Å². The number of hydrogen-bond acceptors (Lipinski definition) is 3. The molecule has 0 aliphatic carbocycles. The van der Waals surface area contributed by atoms with Gasteiger partial charge in [0.2, 0.25) is 0 Å². The van der Waals surface area contributed by atoms with E-state index in [-0.39, 0.29) is 5.84 Å². The highest BCUT2D eigenvalue weighted by atomic mass is 16.5. The lowest BCUT2D eigenvalue weighted by Gasteiger charge is -1.99. The summed E-state index contributed by atoms with van der Waals surface area (Å²) in [5, 5.41) is 7.08. The van der Waals surface area contributed by atoms with Crippen molar-refractivity contribution in [2.24, 2.45) is 5.73 Å². The Hall–Kier alpha value is -1.84. The van der Waals surface area contributed by atoms with E-state index in [1.165, 1.54) is 0 Å². The zero-order valence-corrected chi connectivity index (χ0v) is 6.28. The third-order valence-corrected chi connectivity index (χ3v) is 1.35. The van der Waals surface area contributed by atoms with Gasteiger partial charge in [0.1, 0.15) is 11.6 Å².